The number of carbonyl (C=O) groups is 2. The van der Waals surface area contributed by atoms with Crippen LogP contribution in [0.3, 0.4) is 0 Å². The molecule has 6 rings (SSSR count). The van der Waals surface area contributed by atoms with E-state index >= 15 is 0 Å². The molecule has 45 heavy (non-hydrogen) atoms. The van der Waals surface area contributed by atoms with Gasteiger partial charge in [-0.2, -0.15) is 9.78 Å². The number of anilines is 2. The molecule has 3 N–H and O–H groups in total. The molecule has 4 aromatic rings. The number of hydrazone groups is 1. The van der Waals surface area contributed by atoms with Crippen LogP contribution in [0.4, 0.5) is 16.3 Å². The highest BCUT2D eigenvalue weighted by Crippen LogP contribution is 2.30. The largest absolute Gasteiger partial charge is 0.493 e. The maximum Gasteiger partial charge on any atom is 0.415 e. The van der Waals surface area contributed by atoms with Crippen molar-refractivity contribution in [2.24, 2.45) is 5.10 Å². The molecule has 0 radical (unpaired) electrons. The van der Waals surface area contributed by atoms with Gasteiger partial charge < -0.3 is 29.7 Å². The highest BCUT2D eigenvalue weighted by molar-refractivity contribution is 6.01. The second-order valence-corrected chi connectivity index (χ2v) is 10.4. The lowest BCUT2D eigenvalue weighted by atomic mass is 10.0. The van der Waals surface area contributed by atoms with E-state index in [1.807, 2.05) is 18.2 Å². The second-order valence-electron chi connectivity index (χ2n) is 10.4. The number of morpholine rings is 1. The SMILES string of the molecule is COc1cc(/C(C)=N/NC(=O)c2nnn(-c3nonc3N)c2CN2CCCc3ccccc32)ccc1OC(=O)N1CCOCC1. The number of rotatable bonds is 8. The van der Waals surface area contributed by atoms with Gasteiger partial charge in [0.2, 0.25) is 11.6 Å². The van der Waals surface area contributed by atoms with E-state index in [9.17, 15) is 9.59 Å². The smallest absolute Gasteiger partial charge is 0.415 e. The van der Waals surface area contributed by atoms with E-state index < -0.39 is 12.0 Å². The molecule has 0 unspecified atom stereocenters. The molecule has 234 valence electrons. The number of ether oxygens (including phenoxy) is 3. The lowest BCUT2D eigenvalue weighted by Crippen LogP contribution is -2.42. The number of nitrogens with two attached hydrogens (primary N) is 1. The van der Waals surface area contributed by atoms with Crippen LogP contribution in [0, 0.1) is 0 Å². The molecule has 16 heteroatoms. The highest BCUT2D eigenvalue weighted by atomic mass is 16.6. The first-order valence-electron chi connectivity index (χ1n) is 14.4. The average Bonchev–Trinajstić information content (AvgIpc) is 3.69. The van der Waals surface area contributed by atoms with Gasteiger partial charge in [-0.15, -0.1) is 5.10 Å². The Morgan fingerprint density at radius 3 is 2.69 bits per heavy atom. The van der Waals surface area contributed by atoms with E-state index in [4.69, 9.17) is 24.6 Å². The van der Waals surface area contributed by atoms with Crippen LogP contribution in [0.15, 0.2) is 52.2 Å². The summed E-state index contributed by atoms with van der Waals surface area (Å²) in [6.07, 6.45) is 1.43. The number of methoxy groups -OCH3 is 1. The molecular weight excluding hydrogens is 584 g/mol. The lowest BCUT2D eigenvalue weighted by Gasteiger charge is -2.31. The topological polar surface area (TPSA) is 188 Å². The molecule has 0 aliphatic carbocycles. The number of benzene rings is 2. The van der Waals surface area contributed by atoms with Gasteiger partial charge in [-0.3, -0.25) is 4.79 Å². The zero-order chi connectivity index (χ0) is 31.3. The average molecular weight is 617 g/mol. The van der Waals surface area contributed by atoms with Crippen LogP contribution in [-0.2, 0) is 17.7 Å². The van der Waals surface area contributed by atoms with Gasteiger partial charge in [0, 0.05) is 30.9 Å². The van der Waals surface area contributed by atoms with Crippen LogP contribution in [0.25, 0.3) is 5.82 Å². The van der Waals surface area contributed by atoms with Crippen molar-refractivity contribution in [2.75, 3.05) is 50.6 Å². The van der Waals surface area contributed by atoms with Crippen molar-refractivity contribution in [2.45, 2.75) is 26.3 Å². The Balaban J connectivity index is 1.22. The molecule has 0 spiro atoms. The van der Waals surface area contributed by atoms with Gasteiger partial charge in [0.05, 0.1) is 38.3 Å². The molecule has 2 aromatic carbocycles. The van der Waals surface area contributed by atoms with E-state index in [-0.39, 0.29) is 23.1 Å². The molecule has 4 heterocycles. The number of hydrogen-bond acceptors (Lipinski definition) is 13. The number of aromatic nitrogens is 5. The fourth-order valence-electron chi connectivity index (χ4n) is 5.22. The molecule has 0 atom stereocenters. The van der Waals surface area contributed by atoms with Crippen molar-refractivity contribution >= 4 is 29.2 Å². The summed E-state index contributed by atoms with van der Waals surface area (Å²) in [5.74, 6) is 0.147. The summed E-state index contributed by atoms with van der Waals surface area (Å²) in [5, 5.41) is 20.1. The number of nitrogens with zero attached hydrogens (tertiary/aromatic N) is 8. The molecule has 1 saturated heterocycles. The number of aryl methyl sites for hydroxylation is 1. The number of carbonyl (C=O) groups excluding carboxylic acids is 2. The number of para-hydroxylation sites is 1. The fourth-order valence-corrected chi connectivity index (χ4v) is 5.22. The fraction of sp³-hybridized carbons (Fsp3) is 0.345. The highest BCUT2D eigenvalue weighted by Gasteiger charge is 2.27. The zero-order valence-corrected chi connectivity index (χ0v) is 24.8. The van der Waals surface area contributed by atoms with Crippen molar-refractivity contribution in [3.05, 3.63) is 65.0 Å². The molecule has 0 bridgehead atoms. The van der Waals surface area contributed by atoms with Gasteiger partial charge in [0.15, 0.2) is 17.2 Å². The Morgan fingerprint density at radius 1 is 1.09 bits per heavy atom. The van der Waals surface area contributed by atoms with E-state index in [1.165, 1.54) is 17.4 Å². The quantitative estimate of drug-likeness (QED) is 0.217. The van der Waals surface area contributed by atoms with Crippen molar-refractivity contribution in [3.63, 3.8) is 0 Å². The minimum Gasteiger partial charge on any atom is -0.493 e. The van der Waals surface area contributed by atoms with Crippen LogP contribution in [-0.4, -0.2) is 87.9 Å². The third-order valence-electron chi connectivity index (χ3n) is 7.59. The number of hydrogen-bond donors (Lipinski definition) is 2. The van der Waals surface area contributed by atoms with E-state index in [1.54, 1.807) is 30.0 Å². The Labute approximate surface area is 257 Å². The van der Waals surface area contributed by atoms with Crippen molar-refractivity contribution < 1.29 is 28.4 Å². The normalized spacial score (nSPS) is 15.0. The Kier molecular flexibility index (Phi) is 8.54. The first-order valence-corrected chi connectivity index (χ1v) is 14.4. The van der Waals surface area contributed by atoms with Crippen LogP contribution in [0.2, 0.25) is 0 Å². The van der Waals surface area contributed by atoms with Gasteiger partial charge in [0.1, 0.15) is 0 Å². The first kappa shape index (κ1) is 29.6. The molecule has 1 fully saturated rings. The molecule has 0 saturated carbocycles. The second kappa shape index (κ2) is 13.0. The van der Waals surface area contributed by atoms with Gasteiger partial charge in [0.25, 0.3) is 5.91 Å². The summed E-state index contributed by atoms with van der Waals surface area (Å²) in [5.41, 5.74) is 12.4. The van der Waals surface area contributed by atoms with E-state index in [0.717, 1.165) is 25.1 Å². The Hall–Kier alpha value is -5.51. The predicted octanol–water partition coefficient (Wildman–Crippen LogP) is 2.18. The molecule has 2 aromatic heterocycles. The summed E-state index contributed by atoms with van der Waals surface area (Å²) in [6.45, 7) is 4.61. The maximum absolute atomic E-state index is 13.5. The minimum atomic E-state index is -0.584. The zero-order valence-electron chi connectivity index (χ0n) is 24.8. The van der Waals surface area contributed by atoms with Crippen molar-refractivity contribution in [3.8, 4) is 17.3 Å². The Bertz CT molecular complexity index is 1730. The number of fused-ring (bicyclic) bond motifs is 1. The first-order chi connectivity index (χ1) is 21.9. The van der Waals surface area contributed by atoms with Gasteiger partial charge in [-0.25, -0.2) is 14.8 Å². The van der Waals surface area contributed by atoms with E-state index in [2.05, 4.69) is 42.1 Å². The Morgan fingerprint density at radius 2 is 1.91 bits per heavy atom. The summed E-state index contributed by atoms with van der Waals surface area (Å²) in [4.78, 5) is 29.8. The molecule has 2 aliphatic heterocycles. The summed E-state index contributed by atoms with van der Waals surface area (Å²) in [7, 11) is 1.47. The number of nitrogen functional groups attached to an aromatic ring is 1. The van der Waals surface area contributed by atoms with Crippen LogP contribution in [0.1, 0.15) is 40.7 Å². The monoisotopic (exact) mass is 616 g/mol. The van der Waals surface area contributed by atoms with Gasteiger partial charge >= 0.3 is 6.09 Å². The third kappa shape index (κ3) is 6.26. The molecule has 2 amide bonds. The lowest BCUT2D eigenvalue weighted by molar-refractivity contribution is 0.0413. The van der Waals surface area contributed by atoms with Gasteiger partial charge in [-0.05, 0) is 59.9 Å². The standard InChI is InChI=1S/C29H32N10O6/c1-18(20-9-10-23(24(16-20)42-2)44-29(41)37-12-14-43-15-13-37)31-33-28(40)25-22(39(36-32-25)27-26(30)34-45-35-27)17-38-11-5-7-19-6-3-4-8-21(19)38/h3-4,6,8-10,16H,5,7,11-15,17H2,1-2H3,(H2,30,34)(H,33,40)/b31-18+. The summed E-state index contributed by atoms with van der Waals surface area (Å²) in [6, 6.07) is 13.1. The number of amides is 2. The van der Waals surface area contributed by atoms with Crippen molar-refractivity contribution in [1.82, 2.24) is 35.6 Å². The minimum absolute atomic E-state index is 0.00837. The van der Waals surface area contributed by atoms with Crippen LogP contribution < -0.4 is 25.5 Å². The predicted molar refractivity (Wildman–Crippen MR) is 161 cm³/mol. The molecule has 2 aliphatic rings. The maximum atomic E-state index is 13.5. The molecular formula is C29H32N10O6. The van der Waals surface area contributed by atoms with Crippen molar-refractivity contribution in [1.29, 1.82) is 0 Å². The summed E-state index contributed by atoms with van der Waals surface area (Å²) >= 11 is 0. The molecule has 16 nitrogen and oxygen atoms in total. The third-order valence-corrected chi connectivity index (χ3v) is 7.59. The van der Waals surface area contributed by atoms with Gasteiger partial charge in [-0.1, -0.05) is 23.4 Å². The van der Waals surface area contributed by atoms with Crippen LogP contribution >= 0.6 is 0 Å². The number of nitrogens with one attached hydrogen (secondary N) is 1. The summed E-state index contributed by atoms with van der Waals surface area (Å²) < 4.78 is 22.4. The van der Waals surface area contributed by atoms with E-state index in [0.29, 0.717) is 55.6 Å². The van der Waals surface area contributed by atoms with Crippen LogP contribution in [0.5, 0.6) is 11.5 Å².